The fourth-order valence-electron chi connectivity index (χ4n) is 1.23. The van der Waals surface area contributed by atoms with Crippen molar-refractivity contribution in [1.29, 1.82) is 0 Å². The minimum Gasteiger partial charge on any atom is -0.325 e. The van der Waals surface area contributed by atoms with Gasteiger partial charge >= 0.3 is 0 Å². The second-order valence-corrected chi connectivity index (χ2v) is 3.17. The number of nitrogens with two attached hydrogens (primary N) is 1. The zero-order valence-electron chi connectivity index (χ0n) is 7.99. The van der Waals surface area contributed by atoms with Gasteiger partial charge in [-0.3, -0.25) is 10.1 Å². The molecule has 3 N–H and O–H groups in total. The average Bonchev–Trinajstić information content (AvgIpc) is 2.67. The number of hydrogen-bond acceptors (Lipinski definition) is 3. The van der Waals surface area contributed by atoms with E-state index in [-0.39, 0.29) is 0 Å². The van der Waals surface area contributed by atoms with E-state index in [1.54, 1.807) is 0 Å². The van der Waals surface area contributed by atoms with Gasteiger partial charge in [0.15, 0.2) is 0 Å². The molecule has 0 spiro atoms. The van der Waals surface area contributed by atoms with Gasteiger partial charge in [0.25, 0.3) is 0 Å². The molecule has 2 rings (SSSR count). The first-order chi connectivity index (χ1) is 6.79. The second kappa shape index (κ2) is 3.59. The SMILES string of the molecule is Cc1ccc(-c2cc(CN)[nH]n2)cn1. The first-order valence-corrected chi connectivity index (χ1v) is 4.47. The number of nitrogens with one attached hydrogen (secondary N) is 1. The smallest absolute Gasteiger partial charge is 0.0939 e. The Balaban J connectivity index is 2.34. The number of hydrogen-bond donors (Lipinski definition) is 2. The molecule has 0 saturated carbocycles. The highest BCUT2D eigenvalue weighted by molar-refractivity contribution is 5.57. The maximum atomic E-state index is 5.48. The first-order valence-electron chi connectivity index (χ1n) is 4.47. The molecule has 0 atom stereocenters. The Morgan fingerprint density at radius 3 is 2.86 bits per heavy atom. The standard InChI is InChI=1S/C10H12N4/c1-7-2-3-8(6-12-7)10-4-9(5-11)13-14-10/h2-4,6H,5,11H2,1H3,(H,13,14). The van der Waals surface area contributed by atoms with E-state index in [0.717, 1.165) is 22.6 Å². The summed E-state index contributed by atoms with van der Waals surface area (Å²) in [6.45, 7) is 2.44. The molecule has 0 unspecified atom stereocenters. The largest absolute Gasteiger partial charge is 0.325 e. The van der Waals surface area contributed by atoms with E-state index in [9.17, 15) is 0 Å². The van der Waals surface area contributed by atoms with Crippen LogP contribution in [0, 0.1) is 6.92 Å². The van der Waals surface area contributed by atoms with Gasteiger partial charge in [-0.25, -0.2) is 0 Å². The normalized spacial score (nSPS) is 10.4. The van der Waals surface area contributed by atoms with Crippen LogP contribution in [-0.2, 0) is 6.54 Å². The van der Waals surface area contributed by atoms with Gasteiger partial charge in [0.1, 0.15) is 0 Å². The van der Waals surface area contributed by atoms with Crippen LogP contribution in [0.4, 0.5) is 0 Å². The summed E-state index contributed by atoms with van der Waals surface area (Å²) in [5.41, 5.74) is 9.31. The molecule has 0 amide bonds. The quantitative estimate of drug-likeness (QED) is 0.745. The molecule has 0 aliphatic heterocycles. The summed E-state index contributed by atoms with van der Waals surface area (Å²) in [7, 11) is 0. The van der Waals surface area contributed by atoms with Gasteiger partial charge in [0, 0.05) is 29.7 Å². The van der Waals surface area contributed by atoms with Crippen LogP contribution in [0.25, 0.3) is 11.3 Å². The Morgan fingerprint density at radius 2 is 2.29 bits per heavy atom. The predicted octanol–water partition coefficient (Wildman–Crippen LogP) is 1.24. The molecular weight excluding hydrogens is 176 g/mol. The molecule has 0 bridgehead atoms. The number of pyridine rings is 1. The second-order valence-electron chi connectivity index (χ2n) is 3.17. The van der Waals surface area contributed by atoms with Gasteiger partial charge in [-0.2, -0.15) is 5.10 Å². The number of aromatic nitrogens is 3. The molecule has 14 heavy (non-hydrogen) atoms. The molecule has 0 saturated heterocycles. The summed E-state index contributed by atoms with van der Waals surface area (Å²) in [5.74, 6) is 0. The van der Waals surface area contributed by atoms with Crippen molar-refractivity contribution in [2.75, 3.05) is 0 Å². The van der Waals surface area contributed by atoms with Crippen molar-refractivity contribution in [3.63, 3.8) is 0 Å². The van der Waals surface area contributed by atoms with Crippen LogP contribution < -0.4 is 5.73 Å². The van der Waals surface area contributed by atoms with Gasteiger partial charge in [-0.1, -0.05) is 0 Å². The minimum absolute atomic E-state index is 0.478. The molecule has 2 aromatic heterocycles. The number of nitrogens with zero attached hydrogens (tertiary/aromatic N) is 2. The summed E-state index contributed by atoms with van der Waals surface area (Å²) >= 11 is 0. The minimum atomic E-state index is 0.478. The maximum Gasteiger partial charge on any atom is 0.0939 e. The van der Waals surface area contributed by atoms with Crippen molar-refractivity contribution in [3.8, 4) is 11.3 Å². The van der Waals surface area contributed by atoms with Crippen molar-refractivity contribution >= 4 is 0 Å². The van der Waals surface area contributed by atoms with Crippen LogP contribution in [0.2, 0.25) is 0 Å². The van der Waals surface area contributed by atoms with Gasteiger partial charge in [0.2, 0.25) is 0 Å². The van der Waals surface area contributed by atoms with Crippen LogP contribution in [-0.4, -0.2) is 15.2 Å². The summed E-state index contributed by atoms with van der Waals surface area (Å²) in [5, 5.41) is 7.01. The molecule has 4 nitrogen and oxygen atoms in total. The lowest BCUT2D eigenvalue weighted by molar-refractivity contribution is 0.948. The van der Waals surface area contributed by atoms with Crippen LogP contribution in [0.3, 0.4) is 0 Å². The van der Waals surface area contributed by atoms with Crippen LogP contribution in [0.15, 0.2) is 24.4 Å². The van der Waals surface area contributed by atoms with E-state index < -0.39 is 0 Å². The monoisotopic (exact) mass is 188 g/mol. The summed E-state index contributed by atoms with van der Waals surface area (Å²) in [6, 6.07) is 5.90. The topological polar surface area (TPSA) is 67.6 Å². The molecule has 0 radical (unpaired) electrons. The number of H-pyrrole nitrogens is 1. The summed E-state index contributed by atoms with van der Waals surface area (Å²) in [4.78, 5) is 4.21. The van der Waals surface area contributed by atoms with Gasteiger partial charge in [-0.05, 0) is 25.1 Å². The fourth-order valence-corrected chi connectivity index (χ4v) is 1.23. The van der Waals surface area contributed by atoms with Gasteiger partial charge in [-0.15, -0.1) is 0 Å². The van der Waals surface area contributed by atoms with Crippen molar-refractivity contribution in [1.82, 2.24) is 15.2 Å². The highest BCUT2D eigenvalue weighted by atomic mass is 15.1. The number of aryl methyl sites for hydroxylation is 1. The maximum absolute atomic E-state index is 5.48. The van der Waals surface area contributed by atoms with Crippen LogP contribution in [0.1, 0.15) is 11.4 Å². The Bertz CT molecular complexity index is 416. The average molecular weight is 188 g/mol. The Hall–Kier alpha value is -1.68. The van der Waals surface area contributed by atoms with Crippen molar-refractivity contribution in [2.45, 2.75) is 13.5 Å². The highest BCUT2D eigenvalue weighted by Crippen LogP contribution is 2.16. The fraction of sp³-hybridized carbons (Fsp3) is 0.200. The lowest BCUT2D eigenvalue weighted by Gasteiger charge is -1.95. The Morgan fingerprint density at radius 1 is 1.43 bits per heavy atom. The van der Waals surface area contributed by atoms with Crippen molar-refractivity contribution in [3.05, 3.63) is 35.8 Å². The van der Waals surface area contributed by atoms with Gasteiger partial charge < -0.3 is 5.73 Å². The third-order valence-corrected chi connectivity index (χ3v) is 2.06. The first kappa shape index (κ1) is 8.90. The molecule has 0 aromatic carbocycles. The lowest BCUT2D eigenvalue weighted by atomic mass is 10.2. The molecule has 0 aliphatic carbocycles. The molecular formula is C10H12N4. The van der Waals surface area contributed by atoms with Crippen molar-refractivity contribution < 1.29 is 0 Å². The highest BCUT2D eigenvalue weighted by Gasteiger charge is 2.02. The zero-order valence-corrected chi connectivity index (χ0v) is 7.99. The van der Waals surface area contributed by atoms with E-state index in [1.807, 2.05) is 31.3 Å². The van der Waals surface area contributed by atoms with Crippen LogP contribution >= 0.6 is 0 Å². The summed E-state index contributed by atoms with van der Waals surface area (Å²) < 4.78 is 0. The Labute approximate surface area is 82.2 Å². The van der Waals surface area contributed by atoms with E-state index >= 15 is 0 Å². The number of rotatable bonds is 2. The third kappa shape index (κ3) is 1.65. The number of aromatic amines is 1. The van der Waals surface area contributed by atoms with E-state index in [4.69, 9.17) is 5.73 Å². The molecule has 4 heteroatoms. The summed E-state index contributed by atoms with van der Waals surface area (Å²) in [6.07, 6.45) is 1.81. The van der Waals surface area contributed by atoms with Crippen molar-refractivity contribution in [2.24, 2.45) is 5.73 Å². The molecule has 72 valence electrons. The van der Waals surface area contributed by atoms with E-state index in [0.29, 0.717) is 6.54 Å². The lowest BCUT2D eigenvalue weighted by Crippen LogP contribution is -1.95. The molecule has 2 heterocycles. The molecule has 2 aromatic rings. The predicted molar refractivity (Wildman–Crippen MR) is 54.4 cm³/mol. The Kier molecular flexibility index (Phi) is 2.28. The van der Waals surface area contributed by atoms with E-state index in [2.05, 4.69) is 15.2 Å². The third-order valence-electron chi connectivity index (χ3n) is 2.06. The van der Waals surface area contributed by atoms with E-state index in [1.165, 1.54) is 0 Å². The molecule has 0 aliphatic rings. The molecule has 0 fully saturated rings. The zero-order chi connectivity index (χ0) is 9.97. The van der Waals surface area contributed by atoms with Gasteiger partial charge in [0.05, 0.1) is 5.69 Å². The van der Waals surface area contributed by atoms with Crippen LogP contribution in [0.5, 0.6) is 0 Å².